The van der Waals surface area contributed by atoms with Crippen molar-refractivity contribution in [2.24, 2.45) is 0 Å². The first kappa shape index (κ1) is 19.2. The maximum atomic E-state index is 13.1. The van der Waals surface area contributed by atoms with E-state index in [1.807, 2.05) is 18.4 Å². The van der Waals surface area contributed by atoms with Crippen molar-refractivity contribution in [2.45, 2.75) is 78.4 Å². The van der Waals surface area contributed by atoms with E-state index in [2.05, 4.69) is 41.0 Å². The molecule has 2 heterocycles. The van der Waals surface area contributed by atoms with E-state index in [1.165, 1.54) is 44.1 Å². The van der Waals surface area contributed by atoms with Gasteiger partial charge in [-0.05, 0) is 50.8 Å². The summed E-state index contributed by atoms with van der Waals surface area (Å²) in [4.78, 5) is 22.6. The Morgan fingerprint density at radius 3 is 2.32 bits per heavy atom. The average molecular weight is 381 g/mol. The number of anilines is 2. The molecule has 0 bridgehead atoms. The van der Waals surface area contributed by atoms with Gasteiger partial charge in [-0.3, -0.25) is 19.2 Å². The molecule has 28 heavy (non-hydrogen) atoms. The molecule has 0 amide bonds. The zero-order valence-corrected chi connectivity index (χ0v) is 17.4. The van der Waals surface area contributed by atoms with Crippen molar-refractivity contribution in [3.05, 3.63) is 51.4 Å². The minimum Gasteiger partial charge on any atom is -0.298 e. The largest absolute Gasteiger partial charge is 0.298 e. The molecular weight excluding hydrogens is 348 g/mol. The Kier molecular flexibility index (Phi) is 5.54. The van der Waals surface area contributed by atoms with E-state index in [1.54, 1.807) is 0 Å². The van der Waals surface area contributed by atoms with E-state index in [-0.39, 0.29) is 5.56 Å². The predicted octanol–water partition coefficient (Wildman–Crippen LogP) is 4.51. The second kappa shape index (κ2) is 8.08. The number of nitrogens with zero attached hydrogens (tertiary/aromatic N) is 4. The zero-order valence-electron chi connectivity index (χ0n) is 17.4. The molecular formula is C23H32N4O. The minimum atomic E-state index is 0.0935. The standard InChI is InChI=1S/C23H32N4O/c1-4-19-11-13-21(14-12-19)26-15-25(20-9-7-5-6-8-10-20)16-27-22(28)17(2)18(3)24-23(26)27/h11-14,20H,4-10,15-16H2,1-3H3. The Labute approximate surface area is 168 Å². The molecule has 1 aromatic heterocycles. The van der Waals surface area contributed by atoms with Gasteiger partial charge < -0.3 is 0 Å². The van der Waals surface area contributed by atoms with Gasteiger partial charge in [-0.2, -0.15) is 0 Å². The van der Waals surface area contributed by atoms with Gasteiger partial charge in [-0.25, -0.2) is 4.98 Å². The van der Waals surface area contributed by atoms with Gasteiger partial charge in [0.25, 0.3) is 5.56 Å². The summed E-state index contributed by atoms with van der Waals surface area (Å²) >= 11 is 0. The molecule has 1 fully saturated rings. The van der Waals surface area contributed by atoms with Crippen LogP contribution in [0.4, 0.5) is 11.6 Å². The highest BCUT2D eigenvalue weighted by molar-refractivity contribution is 5.59. The van der Waals surface area contributed by atoms with Gasteiger partial charge in [-0.15, -0.1) is 0 Å². The molecule has 0 saturated heterocycles. The maximum Gasteiger partial charge on any atom is 0.259 e. The summed E-state index contributed by atoms with van der Waals surface area (Å²) in [6.45, 7) is 7.45. The van der Waals surface area contributed by atoms with Gasteiger partial charge in [0.15, 0.2) is 0 Å². The number of aryl methyl sites for hydroxylation is 2. The number of hydrogen-bond donors (Lipinski definition) is 0. The third kappa shape index (κ3) is 3.60. The summed E-state index contributed by atoms with van der Waals surface area (Å²) in [6.07, 6.45) is 8.74. The summed E-state index contributed by atoms with van der Waals surface area (Å²) < 4.78 is 1.88. The summed E-state index contributed by atoms with van der Waals surface area (Å²) in [5.41, 5.74) is 4.12. The highest BCUT2D eigenvalue weighted by Crippen LogP contribution is 2.31. The molecule has 2 aliphatic rings. The van der Waals surface area contributed by atoms with Crippen LogP contribution in [0, 0.1) is 13.8 Å². The molecule has 2 aromatic rings. The summed E-state index contributed by atoms with van der Waals surface area (Å²) in [6, 6.07) is 9.25. The highest BCUT2D eigenvalue weighted by Gasteiger charge is 2.31. The molecule has 0 spiro atoms. The van der Waals surface area contributed by atoms with Crippen molar-refractivity contribution >= 4 is 11.6 Å². The number of fused-ring (bicyclic) bond motifs is 1. The van der Waals surface area contributed by atoms with Crippen LogP contribution in [0.2, 0.25) is 0 Å². The molecule has 0 N–H and O–H groups in total. The van der Waals surface area contributed by atoms with Crippen LogP contribution in [0.15, 0.2) is 29.1 Å². The van der Waals surface area contributed by atoms with Gasteiger partial charge in [0, 0.05) is 23.0 Å². The number of rotatable bonds is 3. The molecule has 1 aliphatic heterocycles. The van der Waals surface area contributed by atoms with Crippen LogP contribution in [-0.2, 0) is 13.1 Å². The molecule has 0 radical (unpaired) electrons. The van der Waals surface area contributed by atoms with E-state index >= 15 is 0 Å². The third-order valence-electron chi connectivity index (χ3n) is 6.50. The normalized spacial score (nSPS) is 18.8. The van der Waals surface area contributed by atoms with Crippen molar-refractivity contribution in [3.8, 4) is 0 Å². The molecule has 5 heteroatoms. The molecule has 4 rings (SSSR count). The Morgan fingerprint density at radius 2 is 1.68 bits per heavy atom. The zero-order chi connectivity index (χ0) is 19.7. The minimum absolute atomic E-state index is 0.0935. The fourth-order valence-corrected chi connectivity index (χ4v) is 4.51. The maximum absolute atomic E-state index is 13.1. The van der Waals surface area contributed by atoms with Crippen LogP contribution >= 0.6 is 0 Å². The van der Waals surface area contributed by atoms with Gasteiger partial charge in [-0.1, -0.05) is 44.7 Å². The lowest BCUT2D eigenvalue weighted by atomic mass is 10.1. The van der Waals surface area contributed by atoms with Gasteiger partial charge in [0.2, 0.25) is 5.95 Å². The summed E-state index contributed by atoms with van der Waals surface area (Å²) in [7, 11) is 0. The molecule has 1 aromatic carbocycles. The molecule has 1 saturated carbocycles. The van der Waals surface area contributed by atoms with Gasteiger partial charge in [0.05, 0.1) is 13.3 Å². The Balaban J connectivity index is 1.76. The topological polar surface area (TPSA) is 41.4 Å². The highest BCUT2D eigenvalue weighted by atomic mass is 16.1. The quantitative estimate of drug-likeness (QED) is 0.735. The summed E-state index contributed by atoms with van der Waals surface area (Å²) in [5.74, 6) is 0.780. The van der Waals surface area contributed by atoms with Crippen LogP contribution in [0.3, 0.4) is 0 Å². The number of hydrogen-bond acceptors (Lipinski definition) is 4. The van der Waals surface area contributed by atoms with Crippen LogP contribution in [0.1, 0.15) is 62.3 Å². The second-order valence-electron chi connectivity index (χ2n) is 8.32. The van der Waals surface area contributed by atoms with E-state index in [0.717, 1.165) is 36.0 Å². The SMILES string of the molecule is CCc1ccc(N2CN(C3CCCCCC3)Cn3c2nc(C)c(C)c3=O)cc1. The van der Waals surface area contributed by atoms with E-state index in [4.69, 9.17) is 4.98 Å². The van der Waals surface area contributed by atoms with Crippen molar-refractivity contribution in [2.75, 3.05) is 11.6 Å². The Morgan fingerprint density at radius 1 is 1.00 bits per heavy atom. The Bertz CT molecular complexity index is 879. The monoisotopic (exact) mass is 380 g/mol. The third-order valence-corrected chi connectivity index (χ3v) is 6.50. The van der Waals surface area contributed by atoms with Crippen LogP contribution in [0.5, 0.6) is 0 Å². The molecule has 5 nitrogen and oxygen atoms in total. The molecule has 0 atom stereocenters. The lowest BCUT2D eigenvalue weighted by Crippen LogP contribution is -2.51. The van der Waals surface area contributed by atoms with Crippen LogP contribution in [0.25, 0.3) is 0 Å². The lowest BCUT2D eigenvalue weighted by Gasteiger charge is -2.42. The van der Waals surface area contributed by atoms with E-state index in [9.17, 15) is 4.79 Å². The van der Waals surface area contributed by atoms with E-state index < -0.39 is 0 Å². The smallest absolute Gasteiger partial charge is 0.259 e. The van der Waals surface area contributed by atoms with Crippen LogP contribution in [-0.4, -0.2) is 27.2 Å². The first-order valence-corrected chi connectivity index (χ1v) is 10.8. The number of aromatic nitrogens is 2. The number of benzene rings is 1. The van der Waals surface area contributed by atoms with Crippen molar-refractivity contribution in [1.29, 1.82) is 0 Å². The predicted molar refractivity (Wildman–Crippen MR) is 114 cm³/mol. The Hall–Kier alpha value is -2.14. The fraction of sp³-hybridized carbons (Fsp3) is 0.565. The van der Waals surface area contributed by atoms with Gasteiger partial charge >= 0.3 is 0 Å². The molecule has 1 aliphatic carbocycles. The second-order valence-corrected chi connectivity index (χ2v) is 8.32. The van der Waals surface area contributed by atoms with E-state index in [0.29, 0.717) is 12.7 Å². The lowest BCUT2D eigenvalue weighted by molar-refractivity contribution is 0.123. The van der Waals surface area contributed by atoms with Crippen molar-refractivity contribution in [3.63, 3.8) is 0 Å². The van der Waals surface area contributed by atoms with Crippen molar-refractivity contribution in [1.82, 2.24) is 14.5 Å². The summed E-state index contributed by atoms with van der Waals surface area (Å²) in [5, 5.41) is 0. The van der Waals surface area contributed by atoms with Gasteiger partial charge in [0.1, 0.15) is 0 Å². The first-order valence-electron chi connectivity index (χ1n) is 10.8. The van der Waals surface area contributed by atoms with Crippen molar-refractivity contribution < 1.29 is 0 Å². The average Bonchev–Trinajstić information content (AvgIpc) is 3.01. The molecule has 150 valence electrons. The fourth-order valence-electron chi connectivity index (χ4n) is 4.51. The van der Waals surface area contributed by atoms with Crippen LogP contribution < -0.4 is 10.5 Å². The first-order chi connectivity index (χ1) is 13.6. The molecule has 0 unspecified atom stereocenters.